The van der Waals surface area contributed by atoms with Crippen LogP contribution in [0.1, 0.15) is 19.3 Å². The Bertz CT molecular complexity index is 863. The highest BCUT2D eigenvalue weighted by molar-refractivity contribution is 5.08. The topological polar surface area (TPSA) is 323 Å². The number of aliphatic hydroxyl groups is 7. The first kappa shape index (κ1) is 35.2. The van der Waals surface area contributed by atoms with Crippen molar-refractivity contribution in [2.45, 2.75) is 117 Å². The van der Waals surface area contributed by atoms with Gasteiger partial charge in [0.1, 0.15) is 36.6 Å². The molecule has 4 rings (SSSR count). The molecule has 252 valence electrons. The summed E-state index contributed by atoms with van der Waals surface area (Å²) in [4.78, 5) is 0. The van der Waals surface area contributed by atoms with Gasteiger partial charge < -0.3 is 89.3 Å². The zero-order chi connectivity index (χ0) is 31.6. The number of rotatable bonds is 12. The Labute approximate surface area is 251 Å². The first-order valence-electron chi connectivity index (χ1n) is 15.2. The summed E-state index contributed by atoms with van der Waals surface area (Å²) in [6.45, 7) is 0.316. The fourth-order valence-corrected chi connectivity index (χ4v) is 6.78. The zero-order valence-corrected chi connectivity index (χ0v) is 24.3. The molecule has 0 spiro atoms. The highest BCUT2D eigenvalue weighted by atomic mass is 16.7. The first-order chi connectivity index (χ1) is 20.4. The second-order valence-corrected chi connectivity index (χ2v) is 12.7. The third-order valence-electron chi connectivity index (χ3n) is 9.53. The van der Waals surface area contributed by atoms with Gasteiger partial charge >= 0.3 is 0 Å². The number of nitrogens with one attached hydrogen (secondary N) is 2. The Morgan fingerprint density at radius 3 is 2.14 bits per heavy atom. The van der Waals surface area contributed by atoms with Gasteiger partial charge in [-0.15, -0.1) is 0 Å². The molecular formula is C26H53N7O10. The molecule has 17 heteroatoms. The predicted octanol–water partition coefficient (Wildman–Crippen LogP) is -7.73. The molecule has 19 N–H and O–H groups in total. The zero-order valence-electron chi connectivity index (χ0n) is 24.3. The van der Waals surface area contributed by atoms with E-state index in [1.807, 2.05) is 0 Å². The lowest BCUT2D eigenvalue weighted by Gasteiger charge is -2.52. The predicted molar refractivity (Wildman–Crippen MR) is 152 cm³/mol. The van der Waals surface area contributed by atoms with Gasteiger partial charge in [0.15, 0.2) is 6.29 Å². The fourth-order valence-electron chi connectivity index (χ4n) is 6.78. The average Bonchev–Trinajstić information content (AvgIpc) is 2.97. The van der Waals surface area contributed by atoms with Crippen LogP contribution in [0.3, 0.4) is 0 Å². The van der Waals surface area contributed by atoms with E-state index in [9.17, 15) is 35.7 Å². The van der Waals surface area contributed by atoms with Crippen LogP contribution in [0.2, 0.25) is 0 Å². The van der Waals surface area contributed by atoms with Crippen LogP contribution in [0.15, 0.2) is 0 Å². The van der Waals surface area contributed by atoms with Crippen LogP contribution in [0, 0.1) is 11.8 Å². The molecule has 2 saturated heterocycles. The summed E-state index contributed by atoms with van der Waals surface area (Å²) in [5, 5.41) is 80.4. The van der Waals surface area contributed by atoms with E-state index >= 15 is 0 Å². The third-order valence-corrected chi connectivity index (χ3v) is 9.53. The standard InChI is InChI=1S/C26H53N7O10/c27-4-11(35)6-33-13-3-12(29)16(21(38)24(13)43-26-23(40)17(30)19(36)15(8-34)42-26)25-18(31)22(39)20(37)14(41-25)7-32-5-9-1-10(28)2-9/h9-26,32-40H,1-8,27-31H2/t9?,10?,11?,12-,13+,14+,15+,16?,17-,18+,19+,20+,21-,22+,23+,24-,25+,26+/m0/s1. The summed E-state index contributed by atoms with van der Waals surface area (Å²) < 4.78 is 17.9. The second kappa shape index (κ2) is 15.3. The van der Waals surface area contributed by atoms with E-state index in [1.54, 1.807) is 0 Å². The Balaban J connectivity index is 1.52. The molecule has 2 heterocycles. The van der Waals surface area contributed by atoms with Gasteiger partial charge in [-0.25, -0.2) is 0 Å². The lowest BCUT2D eigenvalue weighted by Crippen LogP contribution is -2.72. The van der Waals surface area contributed by atoms with Crippen molar-refractivity contribution in [1.29, 1.82) is 0 Å². The summed E-state index contributed by atoms with van der Waals surface area (Å²) in [6, 6.07) is -3.54. The molecular weight excluding hydrogens is 570 g/mol. The molecule has 0 aromatic heterocycles. The van der Waals surface area contributed by atoms with E-state index < -0.39 is 104 Å². The van der Waals surface area contributed by atoms with Gasteiger partial charge in [-0.1, -0.05) is 0 Å². The van der Waals surface area contributed by atoms with Crippen LogP contribution in [0.5, 0.6) is 0 Å². The summed E-state index contributed by atoms with van der Waals surface area (Å²) >= 11 is 0. The maximum atomic E-state index is 11.8. The second-order valence-electron chi connectivity index (χ2n) is 12.7. The highest BCUT2D eigenvalue weighted by Gasteiger charge is 2.55. The minimum atomic E-state index is -1.51. The summed E-state index contributed by atoms with van der Waals surface area (Å²) in [6.07, 6.45) is -11.4. The molecule has 2 aliphatic heterocycles. The quantitative estimate of drug-likeness (QED) is 0.0959. The van der Waals surface area contributed by atoms with Crippen molar-refractivity contribution in [3.63, 3.8) is 0 Å². The molecule has 2 unspecified atom stereocenters. The molecule has 16 atom stereocenters. The number of hydrogen-bond acceptors (Lipinski definition) is 17. The molecule has 4 aliphatic rings. The van der Waals surface area contributed by atoms with Gasteiger partial charge in [-0.2, -0.15) is 0 Å². The maximum Gasteiger partial charge on any atom is 0.186 e. The molecule has 2 saturated carbocycles. The summed E-state index contributed by atoms with van der Waals surface area (Å²) in [5.41, 5.74) is 30.3. The molecule has 17 nitrogen and oxygen atoms in total. The number of aliphatic hydroxyl groups excluding tert-OH is 7. The van der Waals surface area contributed by atoms with Crippen LogP contribution < -0.4 is 39.3 Å². The normalized spacial score (nSPS) is 49.8. The van der Waals surface area contributed by atoms with E-state index in [0.717, 1.165) is 12.8 Å². The molecule has 0 bridgehead atoms. The van der Waals surface area contributed by atoms with Crippen LogP contribution in [-0.2, 0) is 14.2 Å². The van der Waals surface area contributed by atoms with Crippen molar-refractivity contribution in [3.05, 3.63) is 0 Å². The molecule has 0 amide bonds. The minimum absolute atomic E-state index is 0.0220. The largest absolute Gasteiger partial charge is 0.394 e. The van der Waals surface area contributed by atoms with E-state index in [4.69, 9.17) is 42.9 Å². The number of hydrogen-bond donors (Lipinski definition) is 14. The van der Waals surface area contributed by atoms with Crippen molar-refractivity contribution in [1.82, 2.24) is 10.6 Å². The Hall–Kier alpha value is -0.680. The van der Waals surface area contributed by atoms with Crippen molar-refractivity contribution < 1.29 is 50.0 Å². The van der Waals surface area contributed by atoms with Crippen molar-refractivity contribution in [3.8, 4) is 0 Å². The van der Waals surface area contributed by atoms with Crippen molar-refractivity contribution in [2.24, 2.45) is 40.5 Å². The van der Waals surface area contributed by atoms with Crippen LogP contribution in [0.25, 0.3) is 0 Å². The number of ether oxygens (including phenoxy) is 3. The average molecular weight is 624 g/mol. The van der Waals surface area contributed by atoms with Crippen LogP contribution >= 0.6 is 0 Å². The van der Waals surface area contributed by atoms with Gasteiger partial charge in [0.2, 0.25) is 0 Å². The lowest BCUT2D eigenvalue weighted by molar-refractivity contribution is -0.308. The molecule has 0 radical (unpaired) electrons. The van der Waals surface area contributed by atoms with Gasteiger partial charge in [-0.05, 0) is 31.7 Å². The van der Waals surface area contributed by atoms with E-state index in [2.05, 4.69) is 10.6 Å². The van der Waals surface area contributed by atoms with Crippen molar-refractivity contribution >= 4 is 0 Å². The third kappa shape index (κ3) is 7.83. The molecule has 0 aromatic carbocycles. The smallest absolute Gasteiger partial charge is 0.186 e. The van der Waals surface area contributed by atoms with Crippen molar-refractivity contribution in [2.75, 3.05) is 32.8 Å². The Morgan fingerprint density at radius 2 is 1.51 bits per heavy atom. The molecule has 0 aromatic rings. The Morgan fingerprint density at radius 1 is 0.814 bits per heavy atom. The summed E-state index contributed by atoms with van der Waals surface area (Å²) in [7, 11) is 0. The molecule has 2 aliphatic carbocycles. The molecule has 43 heavy (non-hydrogen) atoms. The van der Waals surface area contributed by atoms with Crippen LogP contribution in [0.4, 0.5) is 0 Å². The minimum Gasteiger partial charge on any atom is -0.394 e. The van der Waals surface area contributed by atoms with Gasteiger partial charge in [0, 0.05) is 43.7 Å². The maximum absolute atomic E-state index is 11.8. The fraction of sp³-hybridized carbons (Fsp3) is 1.00. The first-order valence-corrected chi connectivity index (χ1v) is 15.2. The van der Waals surface area contributed by atoms with Crippen LogP contribution in [-0.4, -0.2) is 166 Å². The summed E-state index contributed by atoms with van der Waals surface area (Å²) in [5.74, 6) is -0.482. The van der Waals surface area contributed by atoms with Gasteiger partial charge in [0.25, 0.3) is 0 Å². The molecule has 4 fully saturated rings. The van der Waals surface area contributed by atoms with E-state index in [0.29, 0.717) is 12.5 Å². The van der Waals surface area contributed by atoms with E-state index in [1.165, 1.54) is 0 Å². The highest BCUT2D eigenvalue weighted by Crippen LogP contribution is 2.37. The SMILES string of the molecule is NCC(O)CN[C@@H]1C[C@H](N)C([C@H]2O[C@H](CNCC3CC(N)C3)[C@@H](O)[C@H](O)[C@H]2N)[C@H](O)[C@H]1O[C@H]1O[C@H](CO)[C@@H](O)[C@H](N)[C@H]1O. The van der Waals surface area contributed by atoms with E-state index in [-0.39, 0.29) is 32.1 Å². The monoisotopic (exact) mass is 623 g/mol. The van der Waals surface area contributed by atoms with Gasteiger partial charge in [0.05, 0.1) is 43.1 Å². The van der Waals surface area contributed by atoms with Gasteiger partial charge in [-0.3, -0.25) is 0 Å². The Kier molecular flexibility index (Phi) is 12.5. The number of nitrogens with two attached hydrogens (primary N) is 5. The lowest BCUT2D eigenvalue weighted by atomic mass is 9.71.